The SMILES string of the molecule is CCc1n2c(ccc3c(C)csc32)c[n+]1C. The maximum absolute atomic E-state index is 2.38. The van der Waals surface area contributed by atoms with E-state index >= 15 is 0 Å². The van der Waals surface area contributed by atoms with Crippen LogP contribution in [0.1, 0.15) is 18.3 Å². The monoisotopic (exact) mass is 231 g/mol. The van der Waals surface area contributed by atoms with Crippen molar-refractivity contribution in [3.63, 3.8) is 0 Å². The molecule has 16 heavy (non-hydrogen) atoms. The molecule has 0 unspecified atom stereocenters. The van der Waals surface area contributed by atoms with Crippen LogP contribution in [0.15, 0.2) is 23.7 Å². The molecule has 82 valence electrons. The maximum atomic E-state index is 2.38. The summed E-state index contributed by atoms with van der Waals surface area (Å²) in [6, 6.07) is 4.44. The smallest absolute Gasteiger partial charge is 0.236 e. The van der Waals surface area contributed by atoms with Crippen LogP contribution in [-0.4, -0.2) is 4.40 Å². The van der Waals surface area contributed by atoms with Gasteiger partial charge in [0.2, 0.25) is 0 Å². The topological polar surface area (TPSA) is 8.29 Å². The largest absolute Gasteiger partial charge is 0.262 e. The van der Waals surface area contributed by atoms with Gasteiger partial charge < -0.3 is 0 Å². The summed E-state index contributed by atoms with van der Waals surface area (Å²) in [4.78, 5) is 1.37. The second kappa shape index (κ2) is 3.32. The Balaban J connectivity index is 2.57. The molecule has 3 aromatic heterocycles. The molecule has 0 atom stereocenters. The van der Waals surface area contributed by atoms with Crippen LogP contribution < -0.4 is 4.57 Å². The highest BCUT2D eigenvalue weighted by Crippen LogP contribution is 2.27. The first-order valence-corrected chi connectivity index (χ1v) is 6.47. The number of rotatable bonds is 1. The second-order valence-corrected chi connectivity index (χ2v) is 5.10. The number of aromatic nitrogens is 2. The third kappa shape index (κ3) is 1.15. The maximum Gasteiger partial charge on any atom is 0.262 e. The molecule has 0 amide bonds. The lowest BCUT2D eigenvalue weighted by Gasteiger charge is -1.95. The zero-order chi connectivity index (χ0) is 11.3. The number of imidazole rings is 1. The fourth-order valence-corrected chi connectivity index (χ4v) is 3.47. The van der Waals surface area contributed by atoms with Crippen LogP contribution in [0.3, 0.4) is 0 Å². The Morgan fingerprint density at radius 3 is 2.94 bits per heavy atom. The van der Waals surface area contributed by atoms with Crippen molar-refractivity contribution in [2.75, 3.05) is 0 Å². The molecule has 0 radical (unpaired) electrons. The molecule has 0 saturated carbocycles. The first-order chi connectivity index (χ1) is 7.72. The van der Waals surface area contributed by atoms with Gasteiger partial charge in [-0.25, -0.2) is 4.57 Å². The minimum absolute atomic E-state index is 1.06. The molecular formula is C13H15N2S+. The van der Waals surface area contributed by atoms with Gasteiger partial charge in [0.1, 0.15) is 6.20 Å². The van der Waals surface area contributed by atoms with Crippen molar-refractivity contribution in [3.8, 4) is 0 Å². The van der Waals surface area contributed by atoms with Crippen molar-refractivity contribution in [2.24, 2.45) is 7.05 Å². The Hall–Kier alpha value is -1.35. The summed E-state index contributed by atoms with van der Waals surface area (Å²) in [6.07, 6.45) is 3.26. The van der Waals surface area contributed by atoms with Crippen LogP contribution in [0.2, 0.25) is 0 Å². The number of thiophene rings is 1. The van der Waals surface area contributed by atoms with Gasteiger partial charge in [0.25, 0.3) is 5.82 Å². The quantitative estimate of drug-likeness (QED) is 0.569. The Morgan fingerprint density at radius 2 is 2.19 bits per heavy atom. The number of fused-ring (bicyclic) bond motifs is 3. The molecular weight excluding hydrogens is 216 g/mol. The summed E-state index contributed by atoms with van der Waals surface area (Å²) >= 11 is 1.84. The number of pyridine rings is 1. The Kier molecular flexibility index (Phi) is 2.04. The summed E-state index contributed by atoms with van der Waals surface area (Å²) in [5, 5.41) is 3.62. The van der Waals surface area contributed by atoms with Crippen molar-refractivity contribution in [3.05, 3.63) is 35.1 Å². The highest BCUT2D eigenvalue weighted by atomic mass is 32.1. The second-order valence-electron chi connectivity index (χ2n) is 4.24. The van der Waals surface area contributed by atoms with Crippen LogP contribution in [0.25, 0.3) is 15.7 Å². The molecule has 0 aliphatic rings. The number of aryl methyl sites for hydroxylation is 3. The summed E-state index contributed by atoms with van der Waals surface area (Å²) in [5.41, 5.74) is 2.66. The average Bonchev–Trinajstić information content (AvgIpc) is 2.78. The molecule has 3 heterocycles. The predicted molar refractivity (Wildman–Crippen MR) is 68.1 cm³/mol. The van der Waals surface area contributed by atoms with Crippen LogP contribution in [0.5, 0.6) is 0 Å². The number of nitrogens with zero attached hydrogens (tertiary/aromatic N) is 2. The van der Waals surface area contributed by atoms with Crippen LogP contribution in [-0.2, 0) is 13.5 Å². The van der Waals surface area contributed by atoms with Crippen LogP contribution in [0.4, 0.5) is 0 Å². The normalized spacial score (nSPS) is 11.7. The molecule has 3 heteroatoms. The van der Waals surface area contributed by atoms with Gasteiger partial charge in [-0.15, -0.1) is 11.3 Å². The molecule has 3 aromatic rings. The Labute approximate surface area is 98.8 Å². The first-order valence-electron chi connectivity index (χ1n) is 5.59. The van der Waals surface area contributed by atoms with E-state index in [0.717, 1.165) is 6.42 Å². The van der Waals surface area contributed by atoms with E-state index in [1.165, 1.54) is 27.1 Å². The predicted octanol–water partition coefficient (Wildman–Crippen LogP) is 2.85. The molecule has 0 N–H and O–H groups in total. The van der Waals surface area contributed by atoms with E-state index < -0.39 is 0 Å². The van der Waals surface area contributed by atoms with E-state index in [9.17, 15) is 0 Å². The molecule has 0 aliphatic heterocycles. The zero-order valence-electron chi connectivity index (χ0n) is 9.82. The molecule has 0 saturated heterocycles. The molecule has 0 aliphatic carbocycles. The standard InChI is InChI=1S/C13H15N2S/c1-4-12-14(3)7-10-5-6-11-9(2)8-16-13(11)15(10)12/h5-8H,4H2,1-3H3/q+1. The van der Waals surface area contributed by atoms with Crippen molar-refractivity contribution < 1.29 is 4.57 Å². The molecule has 0 bridgehead atoms. The van der Waals surface area contributed by atoms with Crippen molar-refractivity contribution in [1.82, 2.24) is 4.40 Å². The van der Waals surface area contributed by atoms with Gasteiger partial charge in [-0.05, 0) is 30.0 Å². The van der Waals surface area contributed by atoms with Crippen LogP contribution >= 0.6 is 11.3 Å². The molecule has 0 aromatic carbocycles. The zero-order valence-corrected chi connectivity index (χ0v) is 10.6. The summed E-state index contributed by atoms with van der Waals surface area (Å²) in [6.45, 7) is 4.39. The van der Waals surface area contributed by atoms with E-state index in [-0.39, 0.29) is 0 Å². The average molecular weight is 231 g/mol. The van der Waals surface area contributed by atoms with E-state index in [2.05, 4.69) is 53.6 Å². The number of hydrogen-bond donors (Lipinski definition) is 0. The fraction of sp³-hybridized carbons (Fsp3) is 0.308. The summed E-state index contributed by atoms with van der Waals surface area (Å²) < 4.78 is 4.61. The lowest BCUT2D eigenvalue weighted by Crippen LogP contribution is -2.30. The third-order valence-electron chi connectivity index (χ3n) is 3.19. The minimum atomic E-state index is 1.06. The fourth-order valence-electron chi connectivity index (χ4n) is 2.38. The van der Waals surface area contributed by atoms with E-state index in [0.29, 0.717) is 0 Å². The van der Waals surface area contributed by atoms with Gasteiger partial charge in [0, 0.05) is 11.8 Å². The van der Waals surface area contributed by atoms with Crippen molar-refractivity contribution >= 4 is 27.1 Å². The van der Waals surface area contributed by atoms with Crippen LogP contribution in [0, 0.1) is 6.92 Å². The highest BCUT2D eigenvalue weighted by Gasteiger charge is 2.17. The van der Waals surface area contributed by atoms with Gasteiger partial charge in [0.15, 0.2) is 10.3 Å². The lowest BCUT2D eigenvalue weighted by molar-refractivity contribution is -0.677. The lowest BCUT2D eigenvalue weighted by atomic mass is 10.2. The minimum Gasteiger partial charge on any atom is -0.236 e. The molecule has 3 rings (SSSR count). The van der Waals surface area contributed by atoms with Gasteiger partial charge >= 0.3 is 0 Å². The Morgan fingerprint density at radius 1 is 1.38 bits per heavy atom. The van der Waals surface area contributed by atoms with Gasteiger partial charge in [-0.1, -0.05) is 6.92 Å². The third-order valence-corrected chi connectivity index (χ3v) is 4.29. The first kappa shape index (κ1) is 9.85. The summed E-state index contributed by atoms with van der Waals surface area (Å²) in [7, 11) is 2.12. The van der Waals surface area contributed by atoms with Gasteiger partial charge in [-0.3, -0.25) is 0 Å². The van der Waals surface area contributed by atoms with Crippen molar-refractivity contribution in [1.29, 1.82) is 0 Å². The molecule has 2 nitrogen and oxygen atoms in total. The molecule has 0 spiro atoms. The molecule has 0 fully saturated rings. The Bertz CT molecular complexity index is 676. The highest BCUT2D eigenvalue weighted by molar-refractivity contribution is 7.17. The van der Waals surface area contributed by atoms with E-state index in [1.807, 2.05) is 11.3 Å². The number of hydrogen-bond acceptors (Lipinski definition) is 1. The van der Waals surface area contributed by atoms with Crippen molar-refractivity contribution in [2.45, 2.75) is 20.3 Å². The van der Waals surface area contributed by atoms with E-state index in [1.54, 1.807) is 0 Å². The summed E-state index contributed by atoms with van der Waals surface area (Å²) in [5.74, 6) is 1.36. The van der Waals surface area contributed by atoms with Gasteiger partial charge in [0.05, 0.1) is 7.05 Å². The van der Waals surface area contributed by atoms with E-state index in [4.69, 9.17) is 0 Å². The van der Waals surface area contributed by atoms with Gasteiger partial charge in [-0.2, -0.15) is 4.40 Å².